The smallest absolute Gasteiger partial charge is 0.259 e. The van der Waals surface area contributed by atoms with Crippen LogP contribution in [0, 0.1) is 23.7 Å². The molecule has 9 heteroatoms. The van der Waals surface area contributed by atoms with Gasteiger partial charge in [0.15, 0.2) is 11.5 Å². The fraction of sp³-hybridized carbons (Fsp3) is 0.464. The first-order valence-electron chi connectivity index (χ1n) is 12.4. The second kappa shape index (κ2) is 11.1. The topological polar surface area (TPSA) is 101 Å². The quantitative estimate of drug-likeness (QED) is 0.621. The van der Waals surface area contributed by atoms with Crippen molar-refractivity contribution in [3.05, 3.63) is 47.2 Å². The van der Waals surface area contributed by atoms with Crippen molar-refractivity contribution in [1.29, 1.82) is 0 Å². The average Bonchev–Trinajstić information content (AvgIpc) is 3.36. The molecule has 9 nitrogen and oxygen atoms in total. The van der Waals surface area contributed by atoms with Gasteiger partial charge in [-0.1, -0.05) is 32.6 Å². The molecular weight excluding hydrogens is 474 g/mol. The summed E-state index contributed by atoms with van der Waals surface area (Å²) in [5.41, 5.74) is 1.38. The molecule has 4 rings (SSSR count). The number of aliphatic hydroxyl groups is 1. The summed E-state index contributed by atoms with van der Waals surface area (Å²) in [5, 5.41) is 9.84. The van der Waals surface area contributed by atoms with Crippen LogP contribution in [0.3, 0.4) is 0 Å². The van der Waals surface area contributed by atoms with E-state index in [4.69, 9.17) is 14.2 Å². The maximum atomic E-state index is 13.5. The number of aliphatic hydroxyl groups excluding tert-OH is 1. The number of carbonyl (C=O) groups is 2. The molecule has 2 aliphatic rings. The zero-order valence-electron chi connectivity index (χ0n) is 21.9. The summed E-state index contributed by atoms with van der Waals surface area (Å²) in [6.45, 7) is 8.30. The van der Waals surface area contributed by atoms with E-state index in [9.17, 15) is 14.7 Å². The van der Waals surface area contributed by atoms with Crippen LogP contribution in [0.25, 0.3) is 0 Å². The highest BCUT2D eigenvalue weighted by atomic mass is 16.7. The van der Waals surface area contributed by atoms with Gasteiger partial charge in [-0.2, -0.15) is 0 Å². The van der Waals surface area contributed by atoms with E-state index in [1.54, 1.807) is 54.2 Å². The van der Waals surface area contributed by atoms with Gasteiger partial charge >= 0.3 is 0 Å². The Morgan fingerprint density at radius 1 is 1.24 bits per heavy atom. The summed E-state index contributed by atoms with van der Waals surface area (Å²) < 4.78 is 17.0. The Labute approximate surface area is 217 Å². The van der Waals surface area contributed by atoms with Gasteiger partial charge in [-0.25, -0.2) is 4.98 Å². The summed E-state index contributed by atoms with van der Waals surface area (Å²) in [7, 11) is 1.71. The summed E-state index contributed by atoms with van der Waals surface area (Å²) in [6.07, 6.45) is 1.13. The fourth-order valence-corrected chi connectivity index (χ4v) is 4.22. The monoisotopic (exact) mass is 507 g/mol. The van der Waals surface area contributed by atoms with Crippen LogP contribution in [-0.2, 0) is 0 Å². The number of amides is 2. The first kappa shape index (κ1) is 26.3. The number of nitrogens with zero attached hydrogens (tertiary/aromatic N) is 3. The second-order valence-electron chi connectivity index (χ2n) is 9.88. The zero-order chi connectivity index (χ0) is 26.7. The highest BCUT2D eigenvalue weighted by Crippen LogP contribution is 2.33. The standard InChI is InChI=1S/C28H33N3O6/c1-17(2)6-7-20-10-22-26(29-12-20)37-25(18(3)13-31(28(22)34)19(4)15-32)14-30(5)27(33)21-8-9-23-24(11-21)36-16-35-23/h8-12,17-19,25,32H,13-16H2,1-5H3/t18-,19+,25+/m0/s1. The minimum Gasteiger partial charge on any atom is -0.472 e. The van der Waals surface area contributed by atoms with Crippen LogP contribution in [0.1, 0.15) is 54.0 Å². The Morgan fingerprint density at radius 2 is 2.00 bits per heavy atom. The number of ether oxygens (including phenoxy) is 3. The molecule has 0 saturated carbocycles. The van der Waals surface area contributed by atoms with Gasteiger partial charge in [-0.15, -0.1) is 0 Å². The van der Waals surface area contributed by atoms with Gasteiger partial charge in [0.2, 0.25) is 12.7 Å². The van der Waals surface area contributed by atoms with Gasteiger partial charge in [-0.3, -0.25) is 9.59 Å². The average molecular weight is 508 g/mol. The summed E-state index contributed by atoms with van der Waals surface area (Å²) in [5.74, 6) is 7.03. The lowest BCUT2D eigenvalue weighted by Gasteiger charge is -2.37. The number of hydrogen-bond acceptors (Lipinski definition) is 7. The van der Waals surface area contributed by atoms with Crippen molar-refractivity contribution in [2.45, 2.75) is 39.8 Å². The summed E-state index contributed by atoms with van der Waals surface area (Å²) in [6, 6.07) is 6.38. The first-order chi connectivity index (χ1) is 17.7. The molecule has 2 aliphatic heterocycles. The third kappa shape index (κ3) is 5.81. The van der Waals surface area contributed by atoms with Gasteiger partial charge in [-0.05, 0) is 31.2 Å². The van der Waals surface area contributed by atoms with Gasteiger partial charge < -0.3 is 29.1 Å². The number of pyridine rings is 1. The molecule has 3 atom stereocenters. The molecule has 3 heterocycles. The molecule has 2 amide bonds. The van der Waals surface area contributed by atoms with Crippen molar-refractivity contribution in [2.24, 2.45) is 11.8 Å². The van der Waals surface area contributed by atoms with Crippen LogP contribution in [0.5, 0.6) is 17.4 Å². The largest absolute Gasteiger partial charge is 0.472 e. The molecule has 0 spiro atoms. The van der Waals surface area contributed by atoms with Crippen LogP contribution in [0.4, 0.5) is 0 Å². The number of carbonyl (C=O) groups excluding carboxylic acids is 2. The SMILES string of the molecule is CC(C)C#Cc1cnc2c(c1)C(=O)N([C@H](C)CO)C[C@H](C)[C@@H](CN(C)C(=O)c1ccc3c(c1)OCO3)O2. The van der Waals surface area contributed by atoms with Gasteiger partial charge in [0.25, 0.3) is 11.8 Å². The number of hydrogen-bond donors (Lipinski definition) is 1. The summed E-state index contributed by atoms with van der Waals surface area (Å²) in [4.78, 5) is 34.4. The lowest BCUT2D eigenvalue weighted by Crippen LogP contribution is -2.50. The van der Waals surface area contributed by atoms with E-state index in [1.165, 1.54) is 0 Å². The van der Waals surface area contributed by atoms with E-state index < -0.39 is 12.1 Å². The molecule has 0 fully saturated rings. The maximum absolute atomic E-state index is 13.5. The molecule has 0 radical (unpaired) electrons. The molecule has 2 aromatic rings. The number of rotatable bonds is 5. The third-order valence-corrected chi connectivity index (χ3v) is 6.45. The van der Waals surface area contributed by atoms with E-state index in [0.717, 1.165) is 0 Å². The Bertz CT molecular complexity index is 1230. The molecule has 1 N–H and O–H groups in total. The van der Waals surface area contributed by atoms with Gasteiger partial charge in [0.05, 0.1) is 19.2 Å². The van der Waals surface area contributed by atoms with Gasteiger partial charge in [0.1, 0.15) is 11.7 Å². The minimum absolute atomic E-state index is 0.134. The Hall–Kier alpha value is -3.77. The van der Waals surface area contributed by atoms with Crippen molar-refractivity contribution in [3.8, 4) is 29.2 Å². The second-order valence-corrected chi connectivity index (χ2v) is 9.88. The third-order valence-electron chi connectivity index (χ3n) is 6.45. The van der Waals surface area contributed by atoms with E-state index in [0.29, 0.717) is 29.2 Å². The fourth-order valence-electron chi connectivity index (χ4n) is 4.22. The molecule has 1 aromatic heterocycles. The zero-order valence-corrected chi connectivity index (χ0v) is 21.9. The molecule has 196 valence electrons. The number of fused-ring (bicyclic) bond motifs is 2. The molecule has 0 unspecified atom stereocenters. The van der Waals surface area contributed by atoms with Gasteiger partial charge in [0, 0.05) is 42.8 Å². The Morgan fingerprint density at radius 3 is 2.73 bits per heavy atom. The highest BCUT2D eigenvalue weighted by molar-refractivity contribution is 5.97. The number of aromatic nitrogens is 1. The first-order valence-corrected chi connectivity index (χ1v) is 12.4. The molecule has 0 bridgehead atoms. The van der Waals surface area contributed by atoms with Crippen LogP contribution in [0.15, 0.2) is 30.5 Å². The van der Waals surface area contributed by atoms with E-state index in [2.05, 4.69) is 16.8 Å². The van der Waals surface area contributed by atoms with E-state index in [1.807, 2.05) is 20.8 Å². The van der Waals surface area contributed by atoms with Crippen molar-refractivity contribution in [1.82, 2.24) is 14.8 Å². The minimum atomic E-state index is -0.455. The predicted octanol–water partition coefficient (Wildman–Crippen LogP) is 2.81. The number of likely N-dealkylation sites (N-methyl/N-ethyl adjacent to an activating group) is 1. The maximum Gasteiger partial charge on any atom is 0.259 e. The van der Waals surface area contributed by atoms with Crippen molar-refractivity contribution < 1.29 is 28.9 Å². The molecule has 37 heavy (non-hydrogen) atoms. The van der Waals surface area contributed by atoms with Crippen LogP contribution >= 0.6 is 0 Å². The molecule has 0 aliphatic carbocycles. The molecule has 1 aromatic carbocycles. The van der Waals surface area contributed by atoms with Crippen molar-refractivity contribution >= 4 is 11.8 Å². The highest BCUT2D eigenvalue weighted by Gasteiger charge is 2.35. The predicted molar refractivity (Wildman–Crippen MR) is 137 cm³/mol. The van der Waals surface area contributed by atoms with Crippen LogP contribution in [-0.4, -0.2) is 77.4 Å². The molecule has 0 saturated heterocycles. The lowest BCUT2D eigenvalue weighted by molar-refractivity contribution is 0.0313. The lowest BCUT2D eigenvalue weighted by atomic mass is 9.99. The van der Waals surface area contributed by atoms with Crippen LogP contribution < -0.4 is 14.2 Å². The Kier molecular flexibility index (Phi) is 7.89. The normalized spacial score (nSPS) is 19.2. The summed E-state index contributed by atoms with van der Waals surface area (Å²) >= 11 is 0. The number of benzene rings is 1. The van der Waals surface area contributed by atoms with E-state index >= 15 is 0 Å². The van der Waals surface area contributed by atoms with Crippen molar-refractivity contribution in [2.75, 3.05) is 33.5 Å². The van der Waals surface area contributed by atoms with Crippen molar-refractivity contribution in [3.63, 3.8) is 0 Å². The Balaban J connectivity index is 1.62. The molecular formula is C28H33N3O6. The van der Waals surface area contributed by atoms with E-state index in [-0.39, 0.29) is 55.0 Å². The van der Waals surface area contributed by atoms with Crippen LogP contribution in [0.2, 0.25) is 0 Å².